The Morgan fingerprint density at radius 1 is 1.62 bits per heavy atom. The third-order valence-corrected chi connectivity index (χ3v) is 0.357. The van der Waals surface area contributed by atoms with Crippen LogP contribution >= 0.6 is 0 Å². The minimum absolute atomic E-state index is 0. The number of hydrogen-bond donors (Lipinski definition) is 2. The summed E-state index contributed by atoms with van der Waals surface area (Å²) in [7, 11) is 0. The zero-order valence-electron chi connectivity index (χ0n) is 4.26. The van der Waals surface area contributed by atoms with E-state index >= 15 is 0 Å². The molecular weight excluding hydrogens is 155 g/mol. The summed E-state index contributed by atoms with van der Waals surface area (Å²) >= 11 is 0. The maximum absolute atomic E-state index is 9.45. The van der Waals surface area contributed by atoms with Crippen molar-refractivity contribution >= 4 is 5.97 Å². The Morgan fingerprint density at radius 2 is 1.75 bits per heavy atom. The molecule has 5 heteroatoms. The van der Waals surface area contributed by atoms with Crippen LogP contribution in [0.25, 0.3) is 0 Å². The molecule has 0 amide bonds. The fourth-order valence-corrected chi connectivity index (χ4v) is 0. The summed E-state index contributed by atoms with van der Waals surface area (Å²) in [5.74, 6) is -1.19. The van der Waals surface area contributed by atoms with E-state index in [9.17, 15) is 4.79 Å². The van der Waals surface area contributed by atoms with E-state index in [2.05, 4.69) is 0 Å². The van der Waals surface area contributed by atoms with Crippen molar-refractivity contribution in [2.24, 2.45) is 0 Å². The van der Waals surface area contributed by atoms with Gasteiger partial charge in [-0.2, -0.15) is 0 Å². The number of hydrogen-bond acceptors (Lipinski definition) is 2. The molecule has 0 aliphatic heterocycles. The van der Waals surface area contributed by atoms with E-state index in [1.54, 1.807) is 0 Å². The molecule has 8 heavy (non-hydrogen) atoms. The molecule has 0 aliphatic rings. The van der Waals surface area contributed by atoms with Gasteiger partial charge in [0.15, 0.2) is 0 Å². The molecule has 0 fully saturated rings. The predicted molar refractivity (Wildman–Crippen MR) is 22.9 cm³/mol. The maximum atomic E-state index is 9.45. The van der Waals surface area contributed by atoms with Crippen LogP contribution < -0.4 is 0 Å². The molecule has 0 rings (SSSR count). The van der Waals surface area contributed by atoms with Gasteiger partial charge in [0, 0.05) is 17.1 Å². The van der Waals surface area contributed by atoms with Gasteiger partial charge >= 0.3 is 5.97 Å². The molecule has 0 saturated heterocycles. The van der Waals surface area contributed by atoms with E-state index < -0.39 is 12.1 Å². The molecule has 0 aromatic rings. The largest absolute Gasteiger partial charge is 0.479 e. The average molecular weight is 163 g/mol. The fourth-order valence-electron chi connectivity index (χ4n) is 0. The second-order valence-electron chi connectivity index (χ2n) is 1.01. The standard InChI is InChI=1S/C3H6O3.Mn.H2O/c1-2(4)3(5)6;;/h2,4H,1H3,(H,5,6);;1H2. The van der Waals surface area contributed by atoms with Crippen molar-refractivity contribution in [2.75, 3.05) is 0 Å². The summed E-state index contributed by atoms with van der Waals surface area (Å²) in [6.07, 6.45) is -1.23. The number of carbonyl (C=O) groups is 1. The summed E-state index contributed by atoms with van der Waals surface area (Å²) < 4.78 is 0. The van der Waals surface area contributed by atoms with Crippen molar-refractivity contribution in [1.29, 1.82) is 0 Å². The van der Waals surface area contributed by atoms with Gasteiger partial charge in [-0.3, -0.25) is 0 Å². The average Bonchev–Trinajstić information content (AvgIpc) is 1.36. The zero-order chi connectivity index (χ0) is 5.15. The van der Waals surface area contributed by atoms with Gasteiger partial charge in [-0.15, -0.1) is 0 Å². The van der Waals surface area contributed by atoms with E-state index in [1.807, 2.05) is 0 Å². The second kappa shape index (κ2) is 6.91. The molecule has 1 unspecified atom stereocenters. The third kappa shape index (κ3) is 9.32. The Labute approximate surface area is 57.3 Å². The van der Waals surface area contributed by atoms with Crippen molar-refractivity contribution < 1.29 is 37.6 Å². The van der Waals surface area contributed by atoms with E-state index in [-0.39, 0.29) is 22.5 Å². The van der Waals surface area contributed by atoms with Crippen molar-refractivity contribution in [3.8, 4) is 0 Å². The summed E-state index contributed by atoms with van der Waals surface area (Å²) in [5.41, 5.74) is 0. The van der Waals surface area contributed by atoms with Crippen molar-refractivity contribution in [3.05, 3.63) is 0 Å². The molecule has 0 spiro atoms. The molecule has 1 atom stereocenters. The van der Waals surface area contributed by atoms with Crippen LogP contribution in [0.5, 0.6) is 0 Å². The van der Waals surface area contributed by atoms with Crippen LogP contribution in [0.2, 0.25) is 0 Å². The van der Waals surface area contributed by atoms with Crippen LogP contribution in [-0.2, 0) is 21.9 Å². The fraction of sp³-hybridized carbons (Fsp3) is 0.667. The summed E-state index contributed by atoms with van der Waals surface area (Å²) in [4.78, 5) is 9.45. The summed E-state index contributed by atoms with van der Waals surface area (Å²) in [5, 5.41) is 15.8. The monoisotopic (exact) mass is 163 g/mol. The summed E-state index contributed by atoms with van der Waals surface area (Å²) in [6.45, 7) is 1.20. The number of carboxylic acids is 1. The van der Waals surface area contributed by atoms with Crippen molar-refractivity contribution in [2.45, 2.75) is 13.0 Å². The molecular formula is C3H8MnO4. The van der Waals surface area contributed by atoms with Gasteiger partial charge in [0.25, 0.3) is 0 Å². The maximum Gasteiger partial charge on any atom is 0.332 e. The van der Waals surface area contributed by atoms with Gasteiger partial charge in [-0.1, -0.05) is 0 Å². The van der Waals surface area contributed by atoms with Crippen LogP contribution in [-0.4, -0.2) is 27.8 Å². The number of rotatable bonds is 1. The molecule has 0 aromatic heterocycles. The normalized spacial score (nSPS) is 10.2. The van der Waals surface area contributed by atoms with E-state index in [1.165, 1.54) is 6.92 Å². The van der Waals surface area contributed by atoms with Gasteiger partial charge in [0.05, 0.1) is 0 Å². The number of carboxylic acid groups (broad SMARTS) is 1. The molecule has 1 radical (unpaired) electrons. The summed E-state index contributed by atoms with van der Waals surface area (Å²) in [6, 6.07) is 0. The first kappa shape index (κ1) is 15.7. The zero-order valence-corrected chi connectivity index (χ0v) is 5.44. The first-order valence-electron chi connectivity index (χ1n) is 1.55. The smallest absolute Gasteiger partial charge is 0.332 e. The Hall–Kier alpha value is -0.0905. The Kier molecular flexibility index (Phi) is 13.5. The van der Waals surface area contributed by atoms with E-state index in [0.29, 0.717) is 0 Å². The number of aliphatic carboxylic acids is 1. The van der Waals surface area contributed by atoms with Crippen molar-refractivity contribution in [1.82, 2.24) is 0 Å². The van der Waals surface area contributed by atoms with Crippen LogP contribution in [0.3, 0.4) is 0 Å². The topological polar surface area (TPSA) is 89.0 Å². The second-order valence-corrected chi connectivity index (χ2v) is 1.01. The molecule has 4 nitrogen and oxygen atoms in total. The quantitative estimate of drug-likeness (QED) is 0.467. The molecule has 51 valence electrons. The third-order valence-electron chi connectivity index (χ3n) is 0.357. The molecule has 0 aliphatic carbocycles. The number of aliphatic hydroxyl groups is 1. The first-order valence-corrected chi connectivity index (χ1v) is 1.55. The number of aliphatic hydroxyl groups excluding tert-OH is 1. The van der Waals surface area contributed by atoms with E-state index in [0.717, 1.165) is 0 Å². The molecule has 0 saturated carbocycles. The molecule has 0 aromatic carbocycles. The van der Waals surface area contributed by atoms with Crippen LogP contribution in [0, 0.1) is 0 Å². The van der Waals surface area contributed by atoms with Gasteiger partial charge in [-0.25, -0.2) is 4.79 Å². The predicted octanol–water partition coefficient (Wildman–Crippen LogP) is -1.38. The van der Waals surface area contributed by atoms with Crippen LogP contribution in [0.1, 0.15) is 6.92 Å². The van der Waals surface area contributed by atoms with Gasteiger partial charge in [-0.05, 0) is 6.92 Å². The van der Waals surface area contributed by atoms with Crippen LogP contribution in [0.4, 0.5) is 0 Å². The minimum atomic E-state index is -1.23. The van der Waals surface area contributed by atoms with Gasteiger partial charge < -0.3 is 15.7 Å². The first-order chi connectivity index (χ1) is 2.64. The Bertz CT molecular complexity index is 62.3. The Balaban J connectivity index is -0.000000125. The molecule has 4 N–H and O–H groups in total. The Morgan fingerprint density at radius 3 is 1.75 bits per heavy atom. The van der Waals surface area contributed by atoms with Gasteiger partial charge in [0.1, 0.15) is 6.10 Å². The SMILES string of the molecule is CC(O)C(=O)O.O.[Mn]. The van der Waals surface area contributed by atoms with Crippen LogP contribution in [0.15, 0.2) is 0 Å². The van der Waals surface area contributed by atoms with Gasteiger partial charge in [0.2, 0.25) is 0 Å². The minimum Gasteiger partial charge on any atom is -0.479 e. The van der Waals surface area contributed by atoms with E-state index in [4.69, 9.17) is 10.2 Å². The van der Waals surface area contributed by atoms with Crippen molar-refractivity contribution in [3.63, 3.8) is 0 Å². The molecule has 0 bridgehead atoms. The molecule has 0 heterocycles.